The van der Waals surface area contributed by atoms with E-state index in [1.165, 1.54) is 4.57 Å². The molecule has 2 N–H and O–H groups in total. The van der Waals surface area contributed by atoms with Crippen molar-refractivity contribution in [2.24, 2.45) is 12.9 Å². The Kier molecular flexibility index (Phi) is 2.68. The summed E-state index contributed by atoms with van der Waals surface area (Å²) in [7, 11) is 1.65. The van der Waals surface area contributed by atoms with Crippen LogP contribution < -0.4 is 11.6 Å². The van der Waals surface area contributed by atoms with Gasteiger partial charge in [0.05, 0.1) is 6.04 Å². The van der Waals surface area contributed by atoms with Gasteiger partial charge >= 0.3 is 5.76 Å². The summed E-state index contributed by atoms with van der Waals surface area (Å²) in [4.78, 5) is 15.7. The average molecular weight is 248 g/mol. The Bertz CT molecular complexity index is 631. The van der Waals surface area contributed by atoms with Crippen molar-refractivity contribution in [2.75, 3.05) is 6.54 Å². The third-order valence-corrected chi connectivity index (χ3v) is 3.57. The van der Waals surface area contributed by atoms with Gasteiger partial charge in [0.2, 0.25) is 0 Å². The van der Waals surface area contributed by atoms with E-state index in [2.05, 4.69) is 4.98 Å². The minimum Gasteiger partial charge on any atom is -0.406 e. The lowest BCUT2D eigenvalue weighted by molar-refractivity contribution is 0.151. The molecule has 1 unspecified atom stereocenters. The number of hydrazine groups is 1. The van der Waals surface area contributed by atoms with Crippen LogP contribution in [0.1, 0.15) is 30.9 Å². The van der Waals surface area contributed by atoms with Gasteiger partial charge in [0.25, 0.3) is 0 Å². The molecule has 0 aliphatic carbocycles. The third-order valence-electron chi connectivity index (χ3n) is 3.57. The van der Waals surface area contributed by atoms with Crippen molar-refractivity contribution in [3.05, 3.63) is 28.4 Å². The van der Waals surface area contributed by atoms with Crippen molar-refractivity contribution in [1.29, 1.82) is 0 Å². The summed E-state index contributed by atoms with van der Waals surface area (Å²) in [5.41, 5.74) is 2.11. The van der Waals surface area contributed by atoms with E-state index in [4.69, 9.17) is 10.3 Å². The van der Waals surface area contributed by atoms with Crippen molar-refractivity contribution in [2.45, 2.75) is 25.3 Å². The molecule has 0 aromatic carbocycles. The Hall–Kier alpha value is -1.66. The van der Waals surface area contributed by atoms with Crippen molar-refractivity contribution < 1.29 is 4.42 Å². The average Bonchev–Trinajstić information content (AvgIpc) is 2.65. The predicted octanol–water partition coefficient (Wildman–Crippen LogP) is 0.927. The van der Waals surface area contributed by atoms with Gasteiger partial charge in [-0.2, -0.15) is 0 Å². The zero-order chi connectivity index (χ0) is 12.7. The van der Waals surface area contributed by atoms with Crippen molar-refractivity contribution in [3.8, 4) is 0 Å². The molecule has 1 aliphatic heterocycles. The molecule has 2 aromatic rings. The van der Waals surface area contributed by atoms with Crippen molar-refractivity contribution >= 4 is 11.2 Å². The monoisotopic (exact) mass is 248 g/mol. The summed E-state index contributed by atoms with van der Waals surface area (Å²) in [5, 5.41) is 1.84. The van der Waals surface area contributed by atoms with Crippen LogP contribution in [-0.4, -0.2) is 21.1 Å². The summed E-state index contributed by atoms with van der Waals surface area (Å²) >= 11 is 0. The highest BCUT2D eigenvalue weighted by Gasteiger charge is 2.22. The van der Waals surface area contributed by atoms with Crippen LogP contribution in [0.2, 0.25) is 0 Å². The van der Waals surface area contributed by atoms with Crippen molar-refractivity contribution in [3.63, 3.8) is 0 Å². The first-order chi connectivity index (χ1) is 8.66. The van der Waals surface area contributed by atoms with Crippen LogP contribution in [0, 0.1) is 0 Å². The topological polar surface area (TPSA) is 77.3 Å². The fourth-order valence-electron chi connectivity index (χ4n) is 2.52. The van der Waals surface area contributed by atoms with Gasteiger partial charge < -0.3 is 4.42 Å². The normalized spacial score (nSPS) is 21.6. The smallest absolute Gasteiger partial charge is 0.406 e. The third kappa shape index (κ3) is 1.74. The molecule has 1 fully saturated rings. The molecule has 6 heteroatoms. The second-order valence-corrected chi connectivity index (χ2v) is 4.77. The molecule has 0 spiro atoms. The number of fused-ring (bicyclic) bond motifs is 1. The zero-order valence-electron chi connectivity index (χ0n) is 10.3. The van der Waals surface area contributed by atoms with E-state index in [0.717, 1.165) is 31.4 Å². The number of hydrogen-bond donors (Lipinski definition) is 1. The van der Waals surface area contributed by atoms with Gasteiger partial charge in [-0.05, 0) is 24.5 Å². The molecule has 0 amide bonds. The number of nitrogens with zero attached hydrogens (tertiary/aromatic N) is 3. The summed E-state index contributed by atoms with van der Waals surface area (Å²) in [5.74, 6) is 5.61. The lowest BCUT2D eigenvalue weighted by atomic mass is 9.98. The van der Waals surface area contributed by atoms with E-state index in [1.807, 2.05) is 11.1 Å². The highest BCUT2D eigenvalue weighted by Crippen LogP contribution is 2.29. The summed E-state index contributed by atoms with van der Waals surface area (Å²) < 4.78 is 6.55. The van der Waals surface area contributed by atoms with E-state index >= 15 is 0 Å². The number of hydrogen-bond acceptors (Lipinski definition) is 5. The second-order valence-electron chi connectivity index (χ2n) is 4.77. The Morgan fingerprint density at radius 1 is 1.50 bits per heavy atom. The molecule has 1 saturated heterocycles. The Balaban J connectivity index is 2.05. The quantitative estimate of drug-likeness (QED) is 0.759. The fraction of sp³-hybridized carbons (Fsp3) is 0.500. The van der Waals surface area contributed by atoms with Gasteiger partial charge in [-0.1, -0.05) is 6.42 Å². The lowest BCUT2D eigenvalue weighted by Crippen LogP contribution is -2.38. The minimum absolute atomic E-state index is 0.168. The Labute approximate surface area is 104 Å². The Morgan fingerprint density at radius 3 is 3.11 bits per heavy atom. The number of rotatable bonds is 1. The molecule has 96 valence electrons. The predicted molar refractivity (Wildman–Crippen MR) is 66.7 cm³/mol. The number of oxazole rings is 1. The van der Waals surface area contributed by atoms with Crippen LogP contribution in [-0.2, 0) is 7.05 Å². The number of pyridine rings is 1. The minimum atomic E-state index is -0.386. The van der Waals surface area contributed by atoms with Crippen LogP contribution in [0.4, 0.5) is 0 Å². The first-order valence-corrected chi connectivity index (χ1v) is 6.13. The van der Waals surface area contributed by atoms with Gasteiger partial charge in [0, 0.05) is 19.8 Å². The second kappa shape index (κ2) is 4.22. The molecule has 2 aromatic heterocycles. The molecule has 1 aliphatic rings. The molecule has 0 bridgehead atoms. The summed E-state index contributed by atoms with van der Waals surface area (Å²) in [6.45, 7) is 0.890. The maximum Gasteiger partial charge on any atom is 0.420 e. The van der Waals surface area contributed by atoms with Gasteiger partial charge in [-0.15, -0.1) is 0 Å². The first-order valence-electron chi connectivity index (χ1n) is 6.13. The lowest BCUT2D eigenvalue weighted by Gasteiger charge is -2.31. The highest BCUT2D eigenvalue weighted by molar-refractivity contribution is 5.68. The van der Waals surface area contributed by atoms with Gasteiger partial charge in [0.15, 0.2) is 11.2 Å². The molecular weight excluding hydrogens is 232 g/mol. The number of aryl methyl sites for hydroxylation is 1. The number of nitrogens with two attached hydrogens (primary N) is 1. The molecule has 0 saturated carbocycles. The molecule has 18 heavy (non-hydrogen) atoms. The number of aromatic nitrogens is 2. The van der Waals surface area contributed by atoms with E-state index in [1.54, 1.807) is 13.2 Å². The Morgan fingerprint density at radius 2 is 2.33 bits per heavy atom. The molecule has 0 radical (unpaired) electrons. The molecule has 6 nitrogen and oxygen atoms in total. The van der Waals surface area contributed by atoms with Gasteiger partial charge in [-0.3, -0.25) is 10.4 Å². The highest BCUT2D eigenvalue weighted by atomic mass is 16.4. The van der Waals surface area contributed by atoms with Crippen LogP contribution >= 0.6 is 0 Å². The largest absolute Gasteiger partial charge is 0.420 e. The van der Waals surface area contributed by atoms with E-state index in [0.29, 0.717) is 11.2 Å². The van der Waals surface area contributed by atoms with Crippen LogP contribution in [0.15, 0.2) is 21.5 Å². The van der Waals surface area contributed by atoms with Crippen LogP contribution in [0.25, 0.3) is 11.2 Å². The first kappa shape index (κ1) is 11.4. The molecule has 1 atom stereocenters. The van der Waals surface area contributed by atoms with E-state index < -0.39 is 0 Å². The van der Waals surface area contributed by atoms with E-state index in [-0.39, 0.29) is 11.8 Å². The van der Waals surface area contributed by atoms with E-state index in [9.17, 15) is 4.79 Å². The summed E-state index contributed by atoms with van der Waals surface area (Å²) in [6, 6.07) is 2.04. The van der Waals surface area contributed by atoms with Gasteiger partial charge in [0.1, 0.15) is 0 Å². The molecule has 3 rings (SSSR count). The number of piperidine rings is 1. The standard InChI is InChI=1S/C12H16N4O2/c1-15-11-10(18-12(15)17)6-8(7-14-11)9-4-2-3-5-16(9)13/h6-7,9H,2-5,13H2,1H3. The maximum atomic E-state index is 11.4. The zero-order valence-corrected chi connectivity index (χ0v) is 10.3. The van der Waals surface area contributed by atoms with Crippen LogP contribution in [0.3, 0.4) is 0 Å². The van der Waals surface area contributed by atoms with Crippen molar-refractivity contribution in [1.82, 2.24) is 14.6 Å². The fourth-order valence-corrected chi connectivity index (χ4v) is 2.52. The molecular formula is C12H16N4O2. The van der Waals surface area contributed by atoms with Crippen LogP contribution in [0.5, 0.6) is 0 Å². The summed E-state index contributed by atoms with van der Waals surface area (Å²) in [6.07, 6.45) is 5.09. The molecule has 3 heterocycles. The maximum absolute atomic E-state index is 11.4. The SMILES string of the molecule is Cn1c(=O)oc2cc(C3CCCCN3N)cnc21. The van der Waals surface area contributed by atoms with Gasteiger partial charge in [-0.25, -0.2) is 14.8 Å².